The van der Waals surface area contributed by atoms with Crippen LogP contribution in [0.1, 0.15) is 41.9 Å². The van der Waals surface area contributed by atoms with E-state index in [1.165, 1.54) is 37.1 Å². The van der Waals surface area contributed by atoms with Crippen LogP contribution in [0.2, 0.25) is 0 Å². The van der Waals surface area contributed by atoms with Crippen LogP contribution in [-0.4, -0.2) is 43.0 Å². The highest BCUT2D eigenvalue weighted by Crippen LogP contribution is 2.38. The fraction of sp³-hybridized carbons (Fsp3) is 0.219. The summed E-state index contributed by atoms with van der Waals surface area (Å²) in [5, 5.41) is 2.86. The lowest BCUT2D eigenvalue weighted by Gasteiger charge is -2.26. The van der Waals surface area contributed by atoms with E-state index >= 15 is 0 Å². The van der Waals surface area contributed by atoms with Crippen LogP contribution in [0.3, 0.4) is 0 Å². The van der Waals surface area contributed by atoms with Crippen LogP contribution < -0.4 is 10.0 Å². The molecule has 6 rings (SSSR count). The SMILES string of the molecule is O=C1Nc2ccc(NS(=O)(=O)c3ccccn3)cc2C1C(=Nc1ccc(CN2CCCCC2)cc1)c1ccccc1. The minimum atomic E-state index is -3.90. The first kappa shape index (κ1) is 26.9. The van der Waals surface area contributed by atoms with Gasteiger partial charge in [-0.1, -0.05) is 55.0 Å². The van der Waals surface area contributed by atoms with Crippen molar-refractivity contribution < 1.29 is 13.2 Å². The lowest BCUT2D eigenvalue weighted by atomic mass is 9.90. The van der Waals surface area contributed by atoms with Crippen LogP contribution in [0.25, 0.3) is 0 Å². The molecule has 1 atom stereocenters. The molecule has 4 aromatic rings. The molecule has 0 bridgehead atoms. The van der Waals surface area contributed by atoms with E-state index in [-0.39, 0.29) is 10.9 Å². The Morgan fingerprint density at radius 3 is 2.41 bits per heavy atom. The molecule has 2 aliphatic heterocycles. The summed E-state index contributed by atoms with van der Waals surface area (Å²) in [5.74, 6) is -0.936. The Morgan fingerprint density at radius 1 is 0.927 bits per heavy atom. The fourth-order valence-electron chi connectivity index (χ4n) is 5.41. The Labute approximate surface area is 240 Å². The summed E-state index contributed by atoms with van der Waals surface area (Å²) in [6, 6.07) is 27.5. The number of aliphatic imine (C=N–C) groups is 1. The number of carbonyl (C=O) groups is 1. The van der Waals surface area contributed by atoms with E-state index in [0.717, 1.165) is 30.9 Å². The van der Waals surface area contributed by atoms with E-state index in [2.05, 4.69) is 32.1 Å². The third-order valence-corrected chi connectivity index (χ3v) is 8.73. The van der Waals surface area contributed by atoms with Crippen molar-refractivity contribution in [2.75, 3.05) is 23.1 Å². The van der Waals surface area contributed by atoms with Gasteiger partial charge in [0.2, 0.25) is 5.91 Å². The molecular formula is C32H31N5O3S. The van der Waals surface area contributed by atoms with E-state index in [0.29, 0.717) is 22.6 Å². The molecule has 2 N–H and O–H groups in total. The first-order valence-corrected chi connectivity index (χ1v) is 15.3. The first-order chi connectivity index (χ1) is 20.0. The molecule has 1 amide bonds. The zero-order chi connectivity index (χ0) is 28.2. The number of aromatic nitrogens is 1. The summed E-state index contributed by atoms with van der Waals surface area (Å²) in [5.41, 5.74) is 5.01. The van der Waals surface area contributed by atoms with Gasteiger partial charge in [0.25, 0.3) is 10.0 Å². The molecule has 0 aliphatic carbocycles. The van der Waals surface area contributed by atoms with Gasteiger partial charge in [-0.25, -0.2) is 4.98 Å². The van der Waals surface area contributed by atoms with Crippen molar-refractivity contribution in [2.24, 2.45) is 4.99 Å². The highest BCUT2D eigenvalue weighted by Gasteiger charge is 2.36. The highest BCUT2D eigenvalue weighted by atomic mass is 32.2. The zero-order valence-electron chi connectivity index (χ0n) is 22.5. The van der Waals surface area contributed by atoms with Crippen LogP contribution in [0, 0.1) is 0 Å². The standard InChI is InChI=1S/C32H31N5O3S/c38-32-30(27-21-26(16-17-28(27)35-32)36-41(39,40)29-11-5-6-18-33-29)31(24-9-3-1-4-10-24)34-25-14-12-23(13-15-25)22-37-19-7-2-8-20-37/h1,3-6,9-18,21,30,36H,2,7-8,19-20,22H2,(H,35,38). The molecule has 208 valence electrons. The summed E-state index contributed by atoms with van der Waals surface area (Å²) in [7, 11) is -3.90. The highest BCUT2D eigenvalue weighted by molar-refractivity contribution is 7.92. The maximum Gasteiger partial charge on any atom is 0.279 e. The van der Waals surface area contributed by atoms with Gasteiger partial charge in [0.1, 0.15) is 5.92 Å². The summed E-state index contributed by atoms with van der Waals surface area (Å²) < 4.78 is 28.4. The average molecular weight is 566 g/mol. The second-order valence-corrected chi connectivity index (χ2v) is 12.0. The molecule has 9 heteroatoms. The van der Waals surface area contributed by atoms with Gasteiger partial charge in [0.05, 0.1) is 11.4 Å². The molecule has 8 nitrogen and oxygen atoms in total. The van der Waals surface area contributed by atoms with Crippen LogP contribution in [0.5, 0.6) is 0 Å². The quantitative estimate of drug-likeness (QED) is 0.266. The largest absolute Gasteiger partial charge is 0.325 e. The first-order valence-electron chi connectivity index (χ1n) is 13.8. The Bertz CT molecular complexity index is 1670. The minimum absolute atomic E-state index is 0.0819. The summed E-state index contributed by atoms with van der Waals surface area (Å²) in [6.45, 7) is 3.19. The average Bonchev–Trinajstić information content (AvgIpc) is 3.32. The number of benzene rings is 3. The molecule has 1 aromatic heterocycles. The van der Waals surface area contributed by atoms with Crippen LogP contribution in [-0.2, 0) is 21.4 Å². The van der Waals surface area contributed by atoms with Crippen LogP contribution in [0.15, 0.2) is 107 Å². The van der Waals surface area contributed by atoms with E-state index in [1.807, 2.05) is 42.5 Å². The van der Waals surface area contributed by atoms with E-state index in [4.69, 9.17) is 4.99 Å². The summed E-state index contributed by atoms with van der Waals surface area (Å²) in [4.78, 5) is 24.8. The number of carbonyl (C=O) groups excluding carboxylic acids is 1. The topological polar surface area (TPSA) is 104 Å². The Balaban J connectivity index is 1.33. The van der Waals surface area contributed by atoms with Gasteiger partial charge in [-0.05, 0) is 85.1 Å². The number of nitrogens with one attached hydrogen (secondary N) is 2. The van der Waals surface area contributed by atoms with Crippen molar-refractivity contribution in [3.63, 3.8) is 0 Å². The minimum Gasteiger partial charge on any atom is -0.325 e. The summed E-state index contributed by atoms with van der Waals surface area (Å²) >= 11 is 0. The van der Waals surface area contributed by atoms with E-state index in [1.54, 1.807) is 30.3 Å². The third kappa shape index (κ3) is 6.06. The van der Waals surface area contributed by atoms with E-state index in [9.17, 15) is 13.2 Å². The molecule has 2 aliphatic rings. The van der Waals surface area contributed by atoms with Gasteiger partial charge in [0.15, 0.2) is 5.03 Å². The second-order valence-electron chi connectivity index (χ2n) is 10.4. The number of anilines is 2. The lowest BCUT2D eigenvalue weighted by Crippen LogP contribution is -2.28. The van der Waals surface area contributed by atoms with Gasteiger partial charge in [-0.15, -0.1) is 0 Å². The third-order valence-electron chi connectivity index (χ3n) is 7.43. The van der Waals surface area contributed by atoms with Crippen LogP contribution >= 0.6 is 0 Å². The van der Waals surface area contributed by atoms with Gasteiger partial charge >= 0.3 is 0 Å². The lowest BCUT2D eigenvalue weighted by molar-refractivity contribution is -0.115. The monoisotopic (exact) mass is 565 g/mol. The number of pyridine rings is 1. The van der Waals surface area contributed by atoms with E-state index < -0.39 is 15.9 Å². The molecule has 0 saturated carbocycles. The number of piperidine rings is 1. The Kier molecular flexibility index (Phi) is 7.63. The van der Waals surface area contributed by atoms with Gasteiger partial charge < -0.3 is 5.32 Å². The Hall–Kier alpha value is -4.34. The number of rotatable bonds is 8. The molecule has 1 fully saturated rings. The maximum atomic E-state index is 13.4. The molecule has 0 radical (unpaired) electrons. The van der Waals surface area contributed by atoms with Crippen molar-refractivity contribution in [3.05, 3.63) is 114 Å². The molecule has 1 saturated heterocycles. The fourth-order valence-corrected chi connectivity index (χ4v) is 6.40. The molecule has 3 aromatic carbocycles. The smallest absolute Gasteiger partial charge is 0.279 e. The van der Waals surface area contributed by atoms with Gasteiger partial charge in [0, 0.05) is 24.1 Å². The zero-order valence-corrected chi connectivity index (χ0v) is 23.3. The maximum absolute atomic E-state index is 13.4. The number of hydrogen-bond donors (Lipinski definition) is 2. The van der Waals surface area contributed by atoms with Crippen molar-refractivity contribution in [1.29, 1.82) is 0 Å². The van der Waals surface area contributed by atoms with Crippen molar-refractivity contribution >= 4 is 38.7 Å². The number of nitrogens with zero attached hydrogens (tertiary/aromatic N) is 3. The molecular weight excluding hydrogens is 534 g/mol. The van der Waals surface area contributed by atoms with Crippen molar-refractivity contribution in [3.8, 4) is 0 Å². The van der Waals surface area contributed by atoms with Crippen LogP contribution in [0.4, 0.5) is 17.1 Å². The molecule has 3 heterocycles. The number of sulfonamides is 1. The van der Waals surface area contributed by atoms with Gasteiger partial charge in [-0.2, -0.15) is 8.42 Å². The molecule has 41 heavy (non-hydrogen) atoms. The predicted molar refractivity (Wildman–Crippen MR) is 161 cm³/mol. The second kappa shape index (κ2) is 11.6. The molecule has 1 unspecified atom stereocenters. The van der Waals surface area contributed by atoms with Gasteiger partial charge in [-0.3, -0.25) is 19.4 Å². The van der Waals surface area contributed by atoms with Crippen molar-refractivity contribution in [2.45, 2.75) is 36.8 Å². The number of fused-ring (bicyclic) bond motifs is 1. The molecule has 0 spiro atoms. The Morgan fingerprint density at radius 2 is 1.68 bits per heavy atom. The predicted octanol–water partition coefficient (Wildman–Crippen LogP) is 5.73. The summed E-state index contributed by atoms with van der Waals surface area (Å²) in [6.07, 6.45) is 5.24. The number of likely N-dealkylation sites (tertiary alicyclic amines) is 1. The normalized spacial score (nSPS) is 17.6. The number of hydrogen-bond acceptors (Lipinski definition) is 6. The van der Waals surface area contributed by atoms with Crippen molar-refractivity contribution in [1.82, 2.24) is 9.88 Å². The number of amides is 1.